The predicted molar refractivity (Wildman–Crippen MR) is 106 cm³/mol. The van der Waals surface area contributed by atoms with E-state index in [-0.39, 0.29) is 24.1 Å². The number of benzene rings is 1. The van der Waals surface area contributed by atoms with E-state index in [0.717, 1.165) is 24.2 Å². The van der Waals surface area contributed by atoms with Crippen LogP contribution in [-0.4, -0.2) is 29.0 Å². The van der Waals surface area contributed by atoms with Gasteiger partial charge in [-0.15, -0.1) is 11.8 Å². The Morgan fingerprint density at radius 3 is 2.52 bits per heavy atom. The largest absolute Gasteiger partial charge is 0.345 e. The minimum atomic E-state index is -0.486. The summed E-state index contributed by atoms with van der Waals surface area (Å²) in [5, 5.41) is 3.34. The summed E-state index contributed by atoms with van der Waals surface area (Å²) in [6.07, 6.45) is 3.37. The van der Waals surface area contributed by atoms with Gasteiger partial charge in [-0.1, -0.05) is 32.9 Å². The number of nitrogens with one attached hydrogen (secondary N) is 1. The number of Topliss-reactive ketones (excluding diaryl/α,β-unsaturated/α-hetero) is 1. The first-order valence-electron chi connectivity index (χ1n) is 8.91. The number of aromatic nitrogens is 1. The van der Waals surface area contributed by atoms with Gasteiger partial charge in [0.25, 0.3) is 5.91 Å². The number of ketones is 1. The van der Waals surface area contributed by atoms with E-state index in [9.17, 15) is 14.0 Å². The lowest BCUT2D eigenvalue weighted by Gasteiger charge is -2.17. The molecule has 0 unspecified atom stereocenters. The number of hydrogen-bond donors (Lipinski definition) is 1. The molecule has 0 spiro atoms. The van der Waals surface area contributed by atoms with Crippen molar-refractivity contribution in [3.63, 3.8) is 0 Å². The number of rotatable bonds is 8. The highest BCUT2D eigenvalue weighted by molar-refractivity contribution is 7.99. The Hall–Kier alpha value is -2.21. The molecule has 1 aromatic carbocycles. The van der Waals surface area contributed by atoms with Gasteiger partial charge in [0.1, 0.15) is 10.8 Å². The molecule has 1 amide bonds. The lowest BCUT2D eigenvalue weighted by molar-refractivity contribution is -0.125. The van der Waals surface area contributed by atoms with E-state index in [0.29, 0.717) is 10.6 Å². The summed E-state index contributed by atoms with van der Waals surface area (Å²) < 4.78 is 12.9. The summed E-state index contributed by atoms with van der Waals surface area (Å²) in [6.45, 7) is 5.49. The van der Waals surface area contributed by atoms with Crippen molar-refractivity contribution in [3.05, 3.63) is 59.5 Å². The molecule has 0 aliphatic carbocycles. The van der Waals surface area contributed by atoms with E-state index < -0.39 is 5.41 Å². The average molecular weight is 389 g/mol. The molecule has 0 bridgehead atoms. The fraction of sp³-hybridized carbons (Fsp3) is 0.381. The van der Waals surface area contributed by atoms with Crippen LogP contribution in [0.25, 0.3) is 0 Å². The highest BCUT2D eigenvalue weighted by Crippen LogP contribution is 2.22. The van der Waals surface area contributed by atoms with Crippen molar-refractivity contribution in [2.75, 3.05) is 12.3 Å². The van der Waals surface area contributed by atoms with Crippen LogP contribution >= 0.6 is 11.8 Å². The van der Waals surface area contributed by atoms with Gasteiger partial charge in [-0.05, 0) is 48.4 Å². The molecular weight excluding hydrogens is 363 g/mol. The fourth-order valence-corrected chi connectivity index (χ4v) is 3.23. The number of thioether (sulfide) groups is 1. The van der Waals surface area contributed by atoms with Crippen LogP contribution in [0, 0.1) is 11.2 Å². The maximum atomic E-state index is 12.9. The third-order valence-corrected chi connectivity index (χ3v) is 5.12. The van der Waals surface area contributed by atoms with Crippen molar-refractivity contribution in [3.8, 4) is 0 Å². The predicted octanol–water partition coefficient (Wildman–Crippen LogP) is 4.29. The minimum absolute atomic E-state index is 0.00585. The minimum Gasteiger partial charge on any atom is -0.345 e. The lowest BCUT2D eigenvalue weighted by Crippen LogP contribution is -2.35. The summed E-state index contributed by atoms with van der Waals surface area (Å²) >= 11 is 1.51. The molecule has 6 heteroatoms. The Kier molecular flexibility index (Phi) is 7.54. The van der Waals surface area contributed by atoms with Crippen LogP contribution in [0.2, 0.25) is 0 Å². The first kappa shape index (κ1) is 21.1. The molecule has 0 aliphatic rings. The molecule has 1 aromatic heterocycles. The zero-order chi connectivity index (χ0) is 19.9. The van der Waals surface area contributed by atoms with Crippen LogP contribution in [0.1, 0.15) is 43.1 Å². The lowest BCUT2D eigenvalue weighted by atomic mass is 9.91. The van der Waals surface area contributed by atoms with Crippen LogP contribution in [0.3, 0.4) is 0 Å². The van der Waals surface area contributed by atoms with Gasteiger partial charge in [0, 0.05) is 11.6 Å². The first-order valence-corrected chi connectivity index (χ1v) is 9.89. The van der Waals surface area contributed by atoms with Gasteiger partial charge in [-0.2, -0.15) is 0 Å². The SMILES string of the molecule is CC(C)(C)C(=O)CNC(=O)c1cccnc1SCCCc1ccc(F)cc1. The van der Waals surface area contributed by atoms with Gasteiger partial charge in [0.2, 0.25) is 0 Å². The number of hydrogen-bond acceptors (Lipinski definition) is 4. The molecule has 1 N–H and O–H groups in total. The second-order valence-electron chi connectivity index (χ2n) is 7.29. The van der Waals surface area contributed by atoms with Crippen molar-refractivity contribution in [2.45, 2.75) is 38.6 Å². The zero-order valence-electron chi connectivity index (χ0n) is 15.9. The highest BCUT2D eigenvalue weighted by Gasteiger charge is 2.22. The molecule has 0 saturated carbocycles. The molecule has 2 rings (SSSR count). The maximum absolute atomic E-state index is 12.9. The van der Waals surface area contributed by atoms with E-state index in [1.54, 1.807) is 30.5 Å². The molecule has 0 aliphatic heterocycles. The van der Waals surface area contributed by atoms with Crippen molar-refractivity contribution in [1.29, 1.82) is 0 Å². The second-order valence-corrected chi connectivity index (χ2v) is 8.37. The van der Waals surface area contributed by atoms with Crippen LogP contribution in [0.5, 0.6) is 0 Å². The van der Waals surface area contributed by atoms with Gasteiger partial charge in [0.05, 0.1) is 12.1 Å². The van der Waals surface area contributed by atoms with E-state index in [2.05, 4.69) is 10.3 Å². The summed E-state index contributed by atoms with van der Waals surface area (Å²) in [4.78, 5) is 28.7. The number of amides is 1. The van der Waals surface area contributed by atoms with Gasteiger partial charge >= 0.3 is 0 Å². The number of aryl methyl sites for hydroxylation is 1. The molecule has 0 radical (unpaired) electrons. The quantitative estimate of drug-likeness (QED) is 0.541. The van der Waals surface area contributed by atoms with E-state index in [4.69, 9.17) is 0 Å². The number of carbonyl (C=O) groups is 2. The van der Waals surface area contributed by atoms with Crippen molar-refractivity contribution in [1.82, 2.24) is 10.3 Å². The molecule has 1 heterocycles. The van der Waals surface area contributed by atoms with Crippen molar-refractivity contribution >= 4 is 23.5 Å². The Balaban J connectivity index is 1.88. The third kappa shape index (κ3) is 6.79. The van der Waals surface area contributed by atoms with Gasteiger partial charge < -0.3 is 5.32 Å². The van der Waals surface area contributed by atoms with Crippen LogP contribution < -0.4 is 5.32 Å². The number of carbonyl (C=O) groups excluding carboxylic acids is 2. The maximum Gasteiger partial charge on any atom is 0.254 e. The highest BCUT2D eigenvalue weighted by atomic mass is 32.2. The summed E-state index contributed by atoms with van der Waals surface area (Å²) in [6, 6.07) is 9.91. The van der Waals surface area contributed by atoms with Crippen LogP contribution in [0.4, 0.5) is 4.39 Å². The molecule has 0 atom stereocenters. The van der Waals surface area contributed by atoms with E-state index in [1.165, 1.54) is 23.9 Å². The average Bonchev–Trinajstić information content (AvgIpc) is 2.64. The number of nitrogens with zero attached hydrogens (tertiary/aromatic N) is 1. The Bertz CT molecular complexity index is 786. The molecule has 2 aromatic rings. The first-order chi connectivity index (χ1) is 12.8. The van der Waals surface area contributed by atoms with Crippen molar-refractivity contribution in [2.24, 2.45) is 5.41 Å². The van der Waals surface area contributed by atoms with Gasteiger partial charge in [0.15, 0.2) is 5.78 Å². The second kappa shape index (κ2) is 9.65. The number of pyridine rings is 1. The third-order valence-electron chi connectivity index (χ3n) is 4.02. The molecule has 27 heavy (non-hydrogen) atoms. The Morgan fingerprint density at radius 1 is 1.15 bits per heavy atom. The molecular formula is C21H25FN2O2S. The van der Waals surface area contributed by atoms with E-state index in [1.807, 2.05) is 20.8 Å². The molecule has 4 nitrogen and oxygen atoms in total. The summed E-state index contributed by atoms with van der Waals surface area (Å²) in [5.41, 5.74) is 1.07. The van der Waals surface area contributed by atoms with Crippen LogP contribution in [-0.2, 0) is 11.2 Å². The summed E-state index contributed by atoms with van der Waals surface area (Å²) in [5.74, 6) is 0.243. The normalized spacial score (nSPS) is 11.3. The number of halogens is 1. The van der Waals surface area contributed by atoms with E-state index >= 15 is 0 Å². The monoisotopic (exact) mass is 388 g/mol. The van der Waals surface area contributed by atoms with Gasteiger partial charge in [-0.3, -0.25) is 9.59 Å². The van der Waals surface area contributed by atoms with Gasteiger partial charge in [-0.25, -0.2) is 9.37 Å². The molecule has 144 valence electrons. The molecule has 0 saturated heterocycles. The van der Waals surface area contributed by atoms with Crippen LogP contribution in [0.15, 0.2) is 47.6 Å². The summed E-state index contributed by atoms with van der Waals surface area (Å²) in [7, 11) is 0. The molecule has 0 fully saturated rings. The topological polar surface area (TPSA) is 59.1 Å². The fourth-order valence-electron chi connectivity index (χ4n) is 2.30. The van der Waals surface area contributed by atoms with Crippen molar-refractivity contribution < 1.29 is 14.0 Å². The zero-order valence-corrected chi connectivity index (χ0v) is 16.7. The smallest absolute Gasteiger partial charge is 0.254 e. The Labute approximate surface area is 164 Å². The Morgan fingerprint density at radius 2 is 1.85 bits per heavy atom. The standard InChI is InChI=1S/C21H25FN2O2S/c1-21(2,3)18(25)14-24-19(26)17-7-4-12-23-20(17)27-13-5-6-15-8-10-16(22)11-9-15/h4,7-12H,5-6,13-14H2,1-3H3,(H,24,26).